The first kappa shape index (κ1) is 14.5. The fourth-order valence-electron chi connectivity index (χ4n) is 2.12. The fourth-order valence-corrected chi connectivity index (χ4v) is 2.12. The molecule has 2 aromatic heterocycles. The summed E-state index contributed by atoms with van der Waals surface area (Å²) in [4.78, 5) is 9.08. The summed E-state index contributed by atoms with van der Waals surface area (Å²) >= 11 is 0. The van der Waals surface area contributed by atoms with E-state index in [0.717, 1.165) is 30.8 Å². The van der Waals surface area contributed by atoms with Crippen molar-refractivity contribution in [2.75, 3.05) is 5.43 Å². The van der Waals surface area contributed by atoms with Gasteiger partial charge in [0.2, 0.25) is 0 Å². The number of nitrogens with one attached hydrogen (secondary N) is 1. The number of rotatable bonds is 6. The van der Waals surface area contributed by atoms with Crippen molar-refractivity contribution in [2.45, 2.75) is 40.2 Å². The number of aromatic nitrogens is 4. The maximum absolute atomic E-state index is 5.51. The predicted octanol–water partition coefficient (Wildman–Crippen LogP) is 2.23. The molecular weight excluding hydrogens is 252 g/mol. The first-order valence-corrected chi connectivity index (χ1v) is 7.00. The summed E-state index contributed by atoms with van der Waals surface area (Å²) in [6, 6.07) is 3.83. The van der Waals surface area contributed by atoms with Crippen LogP contribution < -0.4 is 11.3 Å². The molecule has 2 rings (SSSR count). The van der Waals surface area contributed by atoms with Crippen molar-refractivity contribution in [1.82, 2.24) is 19.7 Å². The molecule has 0 atom stereocenters. The third-order valence-corrected chi connectivity index (χ3v) is 2.93. The van der Waals surface area contributed by atoms with Crippen molar-refractivity contribution in [3.8, 4) is 11.5 Å². The maximum Gasteiger partial charge on any atom is 0.180 e. The Balaban J connectivity index is 2.41. The minimum atomic E-state index is 0.531. The monoisotopic (exact) mass is 274 g/mol. The van der Waals surface area contributed by atoms with Gasteiger partial charge in [0, 0.05) is 24.5 Å². The summed E-state index contributed by atoms with van der Waals surface area (Å²) in [5, 5.41) is 4.31. The maximum atomic E-state index is 5.51. The van der Waals surface area contributed by atoms with E-state index < -0.39 is 0 Å². The lowest BCUT2D eigenvalue weighted by Crippen LogP contribution is -2.12. The van der Waals surface area contributed by atoms with Gasteiger partial charge in [-0.05, 0) is 24.8 Å². The summed E-state index contributed by atoms with van der Waals surface area (Å²) < 4.78 is 1.93. The minimum absolute atomic E-state index is 0.531. The SMILES string of the molecule is CCCn1nccc1-c1nc(CC(C)C)cc(NN)n1. The molecule has 0 saturated carbocycles. The molecule has 6 nitrogen and oxygen atoms in total. The van der Waals surface area contributed by atoms with E-state index in [9.17, 15) is 0 Å². The Morgan fingerprint density at radius 3 is 2.80 bits per heavy atom. The molecule has 0 unspecified atom stereocenters. The number of hydrogen-bond donors (Lipinski definition) is 2. The van der Waals surface area contributed by atoms with Crippen LogP contribution in [-0.4, -0.2) is 19.7 Å². The van der Waals surface area contributed by atoms with Crippen LogP contribution in [0.25, 0.3) is 11.5 Å². The van der Waals surface area contributed by atoms with E-state index in [1.165, 1.54) is 0 Å². The number of aryl methyl sites for hydroxylation is 1. The van der Waals surface area contributed by atoms with Crippen LogP contribution in [-0.2, 0) is 13.0 Å². The third-order valence-electron chi connectivity index (χ3n) is 2.93. The smallest absolute Gasteiger partial charge is 0.180 e. The lowest BCUT2D eigenvalue weighted by molar-refractivity contribution is 0.605. The Labute approximate surface area is 119 Å². The third kappa shape index (κ3) is 3.33. The summed E-state index contributed by atoms with van der Waals surface area (Å²) in [7, 11) is 0. The molecule has 0 aliphatic rings. The van der Waals surface area contributed by atoms with Gasteiger partial charge in [-0.15, -0.1) is 0 Å². The molecule has 0 radical (unpaired) electrons. The number of nitrogens with two attached hydrogens (primary N) is 1. The molecule has 2 aromatic rings. The quantitative estimate of drug-likeness (QED) is 0.623. The normalized spacial score (nSPS) is 11.1. The van der Waals surface area contributed by atoms with E-state index in [0.29, 0.717) is 17.6 Å². The summed E-state index contributed by atoms with van der Waals surface area (Å²) in [6.07, 6.45) is 3.69. The fraction of sp³-hybridized carbons (Fsp3) is 0.500. The van der Waals surface area contributed by atoms with Gasteiger partial charge in [-0.25, -0.2) is 15.8 Å². The second-order valence-corrected chi connectivity index (χ2v) is 5.25. The summed E-state index contributed by atoms with van der Waals surface area (Å²) in [5.41, 5.74) is 4.53. The molecular formula is C14H22N6. The van der Waals surface area contributed by atoms with E-state index in [-0.39, 0.29) is 0 Å². The van der Waals surface area contributed by atoms with Crippen LogP contribution in [0.3, 0.4) is 0 Å². The highest BCUT2D eigenvalue weighted by atomic mass is 15.3. The van der Waals surface area contributed by atoms with E-state index in [1.807, 2.05) is 16.8 Å². The van der Waals surface area contributed by atoms with Gasteiger partial charge in [-0.2, -0.15) is 5.10 Å². The van der Waals surface area contributed by atoms with Crippen LogP contribution in [0.2, 0.25) is 0 Å². The number of hydrogen-bond acceptors (Lipinski definition) is 5. The van der Waals surface area contributed by atoms with Gasteiger partial charge in [0.1, 0.15) is 11.5 Å². The first-order chi connectivity index (χ1) is 9.63. The summed E-state index contributed by atoms with van der Waals surface area (Å²) in [5.74, 6) is 7.34. The zero-order chi connectivity index (χ0) is 14.5. The highest BCUT2D eigenvalue weighted by molar-refractivity contribution is 5.53. The van der Waals surface area contributed by atoms with Crippen LogP contribution in [0.15, 0.2) is 18.3 Å². The number of nitrogen functional groups attached to an aromatic ring is 1. The second kappa shape index (κ2) is 6.47. The van der Waals surface area contributed by atoms with Crippen LogP contribution in [0.4, 0.5) is 5.82 Å². The molecule has 0 saturated heterocycles. The molecule has 20 heavy (non-hydrogen) atoms. The van der Waals surface area contributed by atoms with E-state index in [1.54, 1.807) is 6.20 Å². The van der Waals surface area contributed by atoms with Gasteiger partial charge in [-0.1, -0.05) is 20.8 Å². The second-order valence-electron chi connectivity index (χ2n) is 5.25. The predicted molar refractivity (Wildman–Crippen MR) is 79.9 cm³/mol. The molecule has 0 amide bonds. The molecule has 0 spiro atoms. The number of anilines is 1. The Kier molecular flexibility index (Phi) is 4.68. The van der Waals surface area contributed by atoms with Gasteiger partial charge in [0.15, 0.2) is 5.82 Å². The van der Waals surface area contributed by atoms with Crippen molar-refractivity contribution >= 4 is 5.82 Å². The van der Waals surface area contributed by atoms with Gasteiger partial charge < -0.3 is 5.43 Å². The average molecular weight is 274 g/mol. The number of hydrazine groups is 1. The van der Waals surface area contributed by atoms with Gasteiger partial charge in [0.25, 0.3) is 0 Å². The van der Waals surface area contributed by atoms with Crippen molar-refractivity contribution in [1.29, 1.82) is 0 Å². The van der Waals surface area contributed by atoms with Crippen molar-refractivity contribution < 1.29 is 0 Å². The lowest BCUT2D eigenvalue weighted by atomic mass is 10.1. The largest absolute Gasteiger partial charge is 0.308 e. The standard InChI is InChI=1S/C14H22N6/c1-4-7-20-12(5-6-16-20)14-17-11(8-10(2)3)9-13(18-14)19-15/h5-6,9-10H,4,7-8,15H2,1-3H3,(H,17,18,19). The van der Waals surface area contributed by atoms with E-state index in [4.69, 9.17) is 5.84 Å². The zero-order valence-electron chi connectivity index (χ0n) is 12.3. The van der Waals surface area contributed by atoms with Crippen molar-refractivity contribution in [2.24, 2.45) is 11.8 Å². The number of nitrogens with zero attached hydrogens (tertiary/aromatic N) is 4. The zero-order valence-corrected chi connectivity index (χ0v) is 12.3. The molecule has 0 aromatic carbocycles. The van der Waals surface area contributed by atoms with Crippen LogP contribution in [0, 0.1) is 5.92 Å². The van der Waals surface area contributed by atoms with Gasteiger partial charge in [0.05, 0.1) is 0 Å². The van der Waals surface area contributed by atoms with Gasteiger partial charge >= 0.3 is 0 Å². The molecule has 0 aliphatic carbocycles. The Morgan fingerprint density at radius 1 is 1.35 bits per heavy atom. The molecule has 0 fully saturated rings. The molecule has 2 heterocycles. The van der Waals surface area contributed by atoms with Crippen LogP contribution in [0.1, 0.15) is 32.9 Å². The molecule has 3 N–H and O–H groups in total. The summed E-state index contributed by atoms with van der Waals surface area (Å²) in [6.45, 7) is 7.30. The van der Waals surface area contributed by atoms with Gasteiger partial charge in [-0.3, -0.25) is 4.68 Å². The highest BCUT2D eigenvalue weighted by Crippen LogP contribution is 2.19. The Morgan fingerprint density at radius 2 is 2.15 bits per heavy atom. The Bertz CT molecular complexity index is 561. The molecule has 108 valence electrons. The van der Waals surface area contributed by atoms with Crippen molar-refractivity contribution in [3.05, 3.63) is 24.0 Å². The molecule has 0 bridgehead atoms. The highest BCUT2D eigenvalue weighted by Gasteiger charge is 2.11. The first-order valence-electron chi connectivity index (χ1n) is 7.00. The Hall–Kier alpha value is -1.95. The van der Waals surface area contributed by atoms with Crippen LogP contribution in [0.5, 0.6) is 0 Å². The average Bonchev–Trinajstić information content (AvgIpc) is 2.86. The van der Waals surface area contributed by atoms with Crippen LogP contribution >= 0.6 is 0 Å². The van der Waals surface area contributed by atoms with E-state index in [2.05, 4.69) is 41.3 Å². The minimum Gasteiger partial charge on any atom is -0.308 e. The molecule has 0 aliphatic heterocycles. The molecule has 6 heteroatoms. The van der Waals surface area contributed by atoms with E-state index >= 15 is 0 Å². The topological polar surface area (TPSA) is 81.7 Å². The van der Waals surface area contributed by atoms with Crippen molar-refractivity contribution in [3.63, 3.8) is 0 Å². The lowest BCUT2D eigenvalue weighted by Gasteiger charge is -2.10.